The largest absolute Gasteiger partial charge is 0.506 e. The highest BCUT2D eigenvalue weighted by Gasteiger charge is 2.07. The molecule has 2 aromatic rings. The van der Waals surface area contributed by atoms with E-state index in [0.29, 0.717) is 16.5 Å². The fourth-order valence-electron chi connectivity index (χ4n) is 1.44. The van der Waals surface area contributed by atoms with E-state index in [4.69, 9.17) is 23.2 Å². The Balaban J connectivity index is 2.32. The summed E-state index contributed by atoms with van der Waals surface area (Å²) in [5, 5.41) is 10.2. The zero-order chi connectivity index (χ0) is 11.5. The van der Waals surface area contributed by atoms with Crippen molar-refractivity contribution in [1.29, 1.82) is 0 Å². The molecule has 0 saturated carbocycles. The van der Waals surface area contributed by atoms with Crippen LogP contribution in [0.25, 0.3) is 0 Å². The second-order valence-electron chi connectivity index (χ2n) is 3.43. The van der Waals surface area contributed by atoms with Crippen LogP contribution in [-0.2, 0) is 6.42 Å². The van der Waals surface area contributed by atoms with Crippen molar-refractivity contribution in [1.82, 2.24) is 4.98 Å². The Kier molecular flexibility index (Phi) is 3.32. The number of pyridine rings is 1. The van der Waals surface area contributed by atoms with E-state index < -0.39 is 0 Å². The van der Waals surface area contributed by atoms with Gasteiger partial charge in [0.1, 0.15) is 5.75 Å². The Labute approximate surface area is 103 Å². The minimum absolute atomic E-state index is 0.00148. The summed E-state index contributed by atoms with van der Waals surface area (Å²) in [5.41, 5.74) is 1.92. The van der Waals surface area contributed by atoms with Crippen molar-refractivity contribution in [3.63, 3.8) is 0 Å². The van der Waals surface area contributed by atoms with Crippen LogP contribution in [0.5, 0.6) is 5.75 Å². The lowest BCUT2D eigenvalue weighted by atomic mass is 10.1. The van der Waals surface area contributed by atoms with Gasteiger partial charge in [0, 0.05) is 29.9 Å². The molecule has 0 radical (unpaired) electrons. The van der Waals surface area contributed by atoms with Crippen LogP contribution in [0, 0.1) is 0 Å². The second-order valence-corrected chi connectivity index (χ2v) is 4.25. The number of halogens is 2. The molecule has 0 aliphatic heterocycles. The number of hydrogen-bond donors (Lipinski definition) is 1. The Hall–Kier alpha value is -1.25. The Morgan fingerprint density at radius 1 is 1.19 bits per heavy atom. The zero-order valence-corrected chi connectivity index (χ0v) is 9.83. The van der Waals surface area contributed by atoms with Gasteiger partial charge in [0.25, 0.3) is 0 Å². The molecular weight excluding hydrogens is 245 g/mol. The number of benzene rings is 1. The minimum atomic E-state index is 0.00148. The molecule has 0 aliphatic carbocycles. The van der Waals surface area contributed by atoms with E-state index in [2.05, 4.69) is 4.98 Å². The Morgan fingerprint density at radius 3 is 2.69 bits per heavy atom. The van der Waals surface area contributed by atoms with Gasteiger partial charge in [-0.2, -0.15) is 0 Å². The standard InChI is InChI=1S/C12H9Cl2NO/c13-10-6-12(16)11(14)5-9(10)4-8-2-1-3-15-7-8/h1-3,5-7,16H,4H2. The molecule has 2 nitrogen and oxygen atoms in total. The lowest BCUT2D eigenvalue weighted by Gasteiger charge is -2.06. The first kappa shape index (κ1) is 11.2. The molecule has 4 heteroatoms. The van der Waals surface area contributed by atoms with E-state index in [-0.39, 0.29) is 5.75 Å². The highest BCUT2D eigenvalue weighted by atomic mass is 35.5. The number of aromatic nitrogens is 1. The smallest absolute Gasteiger partial charge is 0.135 e. The normalized spacial score (nSPS) is 10.4. The molecule has 0 fully saturated rings. The van der Waals surface area contributed by atoms with Crippen LogP contribution in [-0.4, -0.2) is 10.1 Å². The van der Waals surface area contributed by atoms with Gasteiger partial charge in [0.15, 0.2) is 0 Å². The molecule has 0 bridgehead atoms. The van der Waals surface area contributed by atoms with Crippen LogP contribution in [0.2, 0.25) is 10.0 Å². The number of phenolic OH excluding ortho intramolecular Hbond substituents is 1. The van der Waals surface area contributed by atoms with E-state index in [9.17, 15) is 5.11 Å². The van der Waals surface area contributed by atoms with Gasteiger partial charge in [-0.05, 0) is 23.3 Å². The summed E-state index contributed by atoms with van der Waals surface area (Å²) >= 11 is 11.8. The van der Waals surface area contributed by atoms with Crippen molar-refractivity contribution in [3.05, 3.63) is 57.8 Å². The molecule has 0 saturated heterocycles. The van der Waals surface area contributed by atoms with Crippen LogP contribution in [0.15, 0.2) is 36.7 Å². The molecule has 1 aromatic heterocycles. The molecule has 0 atom stereocenters. The van der Waals surface area contributed by atoms with Gasteiger partial charge in [-0.25, -0.2) is 0 Å². The van der Waals surface area contributed by atoms with Crippen molar-refractivity contribution in [3.8, 4) is 5.75 Å². The van der Waals surface area contributed by atoms with Crippen molar-refractivity contribution in [2.24, 2.45) is 0 Å². The minimum Gasteiger partial charge on any atom is -0.506 e. The SMILES string of the molecule is Oc1cc(Cl)c(Cc2cccnc2)cc1Cl. The van der Waals surface area contributed by atoms with Crippen LogP contribution >= 0.6 is 23.2 Å². The highest BCUT2D eigenvalue weighted by molar-refractivity contribution is 6.34. The van der Waals surface area contributed by atoms with Gasteiger partial charge in [-0.1, -0.05) is 29.3 Å². The monoisotopic (exact) mass is 253 g/mol. The first-order valence-electron chi connectivity index (χ1n) is 4.72. The van der Waals surface area contributed by atoms with E-state index in [0.717, 1.165) is 11.1 Å². The van der Waals surface area contributed by atoms with E-state index in [1.807, 2.05) is 12.1 Å². The molecular formula is C12H9Cl2NO. The number of nitrogens with zero attached hydrogens (tertiary/aromatic N) is 1. The summed E-state index contributed by atoms with van der Waals surface area (Å²) in [6.45, 7) is 0. The quantitative estimate of drug-likeness (QED) is 0.886. The van der Waals surface area contributed by atoms with E-state index in [1.165, 1.54) is 6.07 Å². The molecule has 1 N–H and O–H groups in total. The fourth-order valence-corrected chi connectivity index (χ4v) is 1.85. The molecule has 1 heterocycles. The van der Waals surface area contributed by atoms with Crippen LogP contribution in [0.3, 0.4) is 0 Å². The molecule has 1 aromatic carbocycles. The molecule has 82 valence electrons. The third-order valence-corrected chi connectivity index (χ3v) is 2.89. The number of aromatic hydroxyl groups is 1. The summed E-state index contributed by atoms with van der Waals surface area (Å²) < 4.78 is 0. The zero-order valence-electron chi connectivity index (χ0n) is 8.32. The first-order valence-corrected chi connectivity index (χ1v) is 5.48. The summed E-state index contributed by atoms with van der Waals surface area (Å²) in [4.78, 5) is 4.03. The summed E-state index contributed by atoms with van der Waals surface area (Å²) in [6, 6.07) is 6.96. The summed E-state index contributed by atoms with van der Waals surface area (Å²) in [5.74, 6) is 0.00148. The predicted molar refractivity (Wildman–Crippen MR) is 65.2 cm³/mol. The number of hydrogen-bond acceptors (Lipinski definition) is 2. The lowest BCUT2D eigenvalue weighted by Crippen LogP contribution is -1.90. The van der Waals surface area contributed by atoms with Gasteiger partial charge in [0.2, 0.25) is 0 Å². The average molecular weight is 254 g/mol. The van der Waals surface area contributed by atoms with Gasteiger partial charge in [0.05, 0.1) is 5.02 Å². The molecule has 16 heavy (non-hydrogen) atoms. The maximum atomic E-state index is 9.36. The van der Waals surface area contributed by atoms with Gasteiger partial charge in [-0.15, -0.1) is 0 Å². The van der Waals surface area contributed by atoms with Crippen molar-refractivity contribution < 1.29 is 5.11 Å². The molecule has 0 amide bonds. The Morgan fingerprint density at radius 2 is 2.00 bits per heavy atom. The van der Waals surface area contributed by atoms with Crippen LogP contribution in [0.1, 0.15) is 11.1 Å². The van der Waals surface area contributed by atoms with E-state index in [1.54, 1.807) is 18.5 Å². The number of phenols is 1. The predicted octanol–water partition coefficient (Wildman–Crippen LogP) is 3.68. The molecule has 2 rings (SSSR count). The Bertz CT molecular complexity index is 500. The van der Waals surface area contributed by atoms with Gasteiger partial charge >= 0.3 is 0 Å². The molecule has 0 unspecified atom stereocenters. The van der Waals surface area contributed by atoms with Gasteiger partial charge < -0.3 is 5.11 Å². The average Bonchev–Trinajstić information content (AvgIpc) is 2.27. The van der Waals surface area contributed by atoms with E-state index >= 15 is 0 Å². The maximum absolute atomic E-state index is 9.36. The third kappa shape index (κ3) is 2.46. The third-order valence-electron chi connectivity index (χ3n) is 2.23. The lowest BCUT2D eigenvalue weighted by molar-refractivity contribution is 0.475. The number of rotatable bonds is 2. The topological polar surface area (TPSA) is 33.1 Å². The second kappa shape index (κ2) is 4.73. The van der Waals surface area contributed by atoms with Crippen molar-refractivity contribution >= 4 is 23.2 Å². The summed E-state index contributed by atoms with van der Waals surface area (Å²) in [6.07, 6.45) is 4.14. The highest BCUT2D eigenvalue weighted by Crippen LogP contribution is 2.31. The maximum Gasteiger partial charge on any atom is 0.135 e. The van der Waals surface area contributed by atoms with Gasteiger partial charge in [-0.3, -0.25) is 4.98 Å². The van der Waals surface area contributed by atoms with Crippen LogP contribution < -0.4 is 0 Å². The molecule has 0 spiro atoms. The fraction of sp³-hybridized carbons (Fsp3) is 0.0833. The van der Waals surface area contributed by atoms with Crippen LogP contribution in [0.4, 0.5) is 0 Å². The molecule has 0 aliphatic rings. The first-order chi connectivity index (χ1) is 7.66. The van der Waals surface area contributed by atoms with Crippen molar-refractivity contribution in [2.45, 2.75) is 6.42 Å². The van der Waals surface area contributed by atoms with Crippen molar-refractivity contribution in [2.75, 3.05) is 0 Å². The summed E-state index contributed by atoms with van der Waals surface area (Å²) in [7, 11) is 0.